The summed E-state index contributed by atoms with van der Waals surface area (Å²) >= 11 is 0. The maximum absolute atomic E-state index is 12.3. The number of imidazole rings is 1. The fourth-order valence-electron chi connectivity index (χ4n) is 2.07. The van der Waals surface area contributed by atoms with Crippen LogP contribution in [-0.2, 0) is 11.3 Å². The molecule has 0 atom stereocenters. The number of nitrogens with zero attached hydrogens (tertiary/aromatic N) is 2. The highest BCUT2D eigenvalue weighted by molar-refractivity contribution is 5.72. The van der Waals surface area contributed by atoms with E-state index in [2.05, 4.69) is 16.4 Å². The zero-order chi connectivity index (χ0) is 14.0. The van der Waals surface area contributed by atoms with Crippen molar-refractivity contribution in [3.05, 3.63) is 16.5 Å². The van der Waals surface area contributed by atoms with Gasteiger partial charge in [0.2, 0.25) is 0 Å². The molecule has 5 heteroatoms. The highest BCUT2D eigenvalue weighted by atomic mass is 16.6. The fourth-order valence-corrected chi connectivity index (χ4v) is 2.07. The molecule has 104 valence electrons. The molecule has 2 rings (SSSR count). The second-order valence-corrected chi connectivity index (χ2v) is 5.63. The smallest absolute Gasteiger partial charge is 0.420 e. The van der Waals surface area contributed by atoms with E-state index in [1.807, 2.05) is 33.9 Å². The van der Waals surface area contributed by atoms with Crippen LogP contribution in [0.2, 0.25) is 0 Å². The van der Waals surface area contributed by atoms with Crippen LogP contribution in [-0.4, -0.2) is 28.3 Å². The summed E-state index contributed by atoms with van der Waals surface area (Å²) in [6, 6.07) is 0. The monoisotopic (exact) mass is 263 g/mol. The first-order chi connectivity index (χ1) is 8.92. The third kappa shape index (κ3) is 3.04. The second-order valence-electron chi connectivity index (χ2n) is 5.63. The van der Waals surface area contributed by atoms with Gasteiger partial charge in [-0.25, -0.2) is 14.3 Å². The summed E-state index contributed by atoms with van der Waals surface area (Å²) in [5.41, 5.74) is -0.510. The van der Waals surface area contributed by atoms with Gasteiger partial charge in [0.1, 0.15) is 11.4 Å². The van der Waals surface area contributed by atoms with Gasteiger partial charge in [0.25, 0.3) is 0 Å². The van der Waals surface area contributed by atoms with Gasteiger partial charge in [-0.05, 0) is 40.7 Å². The molecule has 19 heavy (non-hydrogen) atoms. The van der Waals surface area contributed by atoms with Gasteiger partial charge in [-0.3, -0.25) is 0 Å². The van der Waals surface area contributed by atoms with Crippen molar-refractivity contribution in [3.63, 3.8) is 0 Å². The molecule has 0 amide bonds. The normalized spacial score (nSPS) is 14.3. The molecular formula is C14H21N3O2. The molecule has 0 spiro atoms. The maximum Gasteiger partial charge on any atom is 0.420 e. The predicted octanol–water partition coefficient (Wildman–Crippen LogP) is 0.740. The van der Waals surface area contributed by atoms with Crippen molar-refractivity contribution >= 4 is 18.2 Å². The van der Waals surface area contributed by atoms with Crippen molar-refractivity contribution < 1.29 is 9.53 Å². The lowest BCUT2D eigenvalue weighted by Gasteiger charge is -2.20. The van der Waals surface area contributed by atoms with E-state index in [9.17, 15) is 4.79 Å². The van der Waals surface area contributed by atoms with Gasteiger partial charge < -0.3 is 10.1 Å². The van der Waals surface area contributed by atoms with Gasteiger partial charge >= 0.3 is 6.09 Å². The van der Waals surface area contributed by atoms with E-state index in [0.29, 0.717) is 12.4 Å². The predicted molar refractivity (Wildman–Crippen MR) is 74.0 cm³/mol. The standard InChI is InChI=1S/C14H21N3O2/c1-14(2,3)19-13(18)17-11-8-6-5-7-10(11)16-12(17)9-15-4/h7-8,15H,5-6,9H2,1-4H3. The molecule has 0 fully saturated rings. The average Bonchev–Trinajstić information content (AvgIpc) is 2.65. The summed E-state index contributed by atoms with van der Waals surface area (Å²) in [6.07, 6.45) is 5.65. The van der Waals surface area contributed by atoms with E-state index in [1.165, 1.54) is 0 Å². The van der Waals surface area contributed by atoms with Crippen LogP contribution in [0.1, 0.15) is 39.4 Å². The summed E-state index contributed by atoms with van der Waals surface area (Å²) in [5, 5.41) is 4.76. The van der Waals surface area contributed by atoms with Crippen LogP contribution in [0.4, 0.5) is 4.79 Å². The van der Waals surface area contributed by atoms with Crippen LogP contribution in [0.5, 0.6) is 0 Å². The van der Waals surface area contributed by atoms with Crippen LogP contribution in [0.3, 0.4) is 0 Å². The minimum atomic E-state index is -0.510. The third-order valence-corrected chi connectivity index (χ3v) is 2.76. The van der Waals surface area contributed by atoms with Gasteiger partial charge in [-0.1, -0.05) is 12.2 Å². The lowest BCUT2D eigenvalue weighted by molar-refractivity contribution is 0.0526. The molecule has 1 N–H and O–H groups in total. The quantitative estimate of drug-likeness (QED) is 0.855. The zero-order valence-corrected chi connectivity index (χ0v) is 12.0. The largest absolute Gasteiger partial charge is 0.443 e. The zero-order valence-electron chi connectivity index (χ0n) is 12.0. The van der Waals surface area contributed by atoms with E-state index >= 15 is 0 Å². The highest BCUT2D eigenvalue weighted by Crippen LogP contribution is 2.09. The van der Waals surface area contributed by atoms with E-state index in [0.717, 1.165) is 23.5 Å². The average molecular weight is 263 g/mol. The topological polar surface area (TPSA) is 56.2 Å². The summed E-state index contributed by atoms with van der Waals surface area (Å²) < 4.78 is 7.03. The minimum Gasteiger partial charge on any atom is -0.443 e. The number of nitrogens with one attached hydrogen (secondary N) is 1. The Labute approximate surface area is 113 Å². The lowest BCUT2D eigenvalue weighted by atomic mass is 10.2. The van der Waals surface area contributed by atoms with Gasteiger partial charge in [-0.15, -0.1) is 0 Å². The molecule has 1 heterocycles. The van der Waals surface area contributed by atoms with Crippen LogP contribution >= 0.6 is 0 Å². The number of ether oxygens (including phenoxy) is 1. The number of carbonyl (C=O) groups is 1. The number of carbonyl (C=O) groups excluding carboxylic acids is 1. The van der Waals surface area contributed by atoms with Gasteiger partial charge in [0, 0.05) is 0 Å². The van der Waals surface area contributed by atoms with E-state index in [1.54, 1.807) is 4.57 Å². The molecule has 5 nitrogen and oxygen atoms in total. The van der Waals surface area contributed by atoms with Crippen molar-refractivity contribution in [2.24, 2.45) is 0 Å². The van der Waals surface area contributed by atoms with Crippen LogP contribution in [0.15, 0.2) is 0 Å². The van der Waals surface area contributed by atoms with Crippen molar-refractivity contribution in [3.8, 4) is 0 Å². The molecule has 0 saturated heterocycles. The van der Waals surface area contributed by atoms with Crippen LogP contribution < -0.4 is 16.0 Å². The Balaban J connectivity index is 2.49. The summed E-state index contributed by atoms with van der Waals surface area (Å²) in [4.78, 5) is 16.8. The number of hydrogen-bond donors (Lipinski definition) is 1. The molecule has 0 aromatic carbocycles. The maximum atomic E-state index is 12.3. The summed E-state index contributed by atoms with van der Waals surface area (Å²) in [7, 11) is 1.83. The Kier molecular flexibility index (Phi) is 3.75. The first-order valence-electron chi connectivity index (χ1n) is 6.58. The van der Waals surface area contributed by atoms with E-state index < -0.39 is 5.60 Å². The molecule has 1 aliphatic carbocycles. The molecule has 1 aliphatic rings. The number of fused-ring (bicyclic) bond motifs is 1. The van der Waals surface area contributed by atoms with Crippen molar-refractivity contribution in [2.45, 2.75) is 45.8 Å². The fraction of sp³-hybridized carbons (Fsp3) is 0.571. The molecular weight excluding hydrogens is 242 g/mol. The second kappa shape index (κ2) is 5.17. The Morgan fingerprint density at radius 1 is 1.42 bits per heavy atom. The minimum absolute atomic E-state index is 0.363. The Morgan fingerprint density at radius 3 is 2.74 bits per heavy atom. The van der Waals surface area contributed by atoms with Crippen molar-refractivity contribution in [2.75, 3.05) is 7.05 Å². The Bertz CT molecular complexity index is 593. The Morgan fingerprint density at radius 2 is 2.11 bits per heavy atom. The molecule has 0 unspecified atom stereocenters. The molecule has 0 bridgehead atoms. The van der Waals surface area contributed by atoms with Gasteiger partial charge in [0.15, 0.2) is 0 Å². The summed E-state index contributed by atoms with van der Waals surface area (Å²) in [6.45, 7) is 6.12. The molecule has 0 saturated carbocycles. The molecule has 0 radical (unpaired) electrons. The first kappa shape index (κ1) is 13.8. The summed E-state index contributed by atoms with van der Waals surface area (Å²) in [5.74, 6) is 0.691. The van der Waals surface area contributed by atoms with E-state index in [-0.39, 0.29) is 6.09 Å². The molecule has 1 aromatic heterocycles. The number of rotatable bonds is 2. The first-order valence-corrected chi connectivity index (χ1v) is 6.58. The molecule has 0 aliphatic heterocycles. The third-order valence-electron chi connectivity index (χ3n) is 2.76. The number of aromatic nitrogens is 2. The van der Waals surface area contributed by atoms with Crippen LogP contribution in [0, 0.1) is 0 Å². The van der Waals surface area contributed by atoms with Crippen molar-refractivity contribution in [1.29, 1.82) is 0 Å². The van der Waals surface area contributed by atoms with Gasteiger partial charge in [-0.2, -0.15) is 0 Å². The van der Waals surface area contributed by atoms with E-state index in [4.69, 9.17) is 4.74 Å². The Hall–Kier alpha value is -1.62. The van der Waals surface area contributed by atoms with Crippen LogP contribution in [0.25, 0.3) is 12.2 Å². The number of hydrogen-bond acceptors (Lipinski definition) is 4. The lowest BCUT2D eigenvalue weighted by Crippen LogP contribution is -2.38. The highest BCUT2D eigenvalue weighted by Gasteiger charge is 2.22. The SMILES string of the molecule is CNCc1nc2c(n1C(=O)OC(C)(C)C)=CCCC=2. The van der Waals surface area contributed by atoms with Gasteiger partial charge in [0.05, 0.1) is 17.2 Å². The molecule has 1 aromatic rings. The van der Waals surface area contributed by atoms with Crippen molar-refractivity contribution in [1.82, 2.24) is 14.9 Å².